The van der Waals surface area contributed by atoms with Gasteiger partial charge in [0, 0.05) is 55.1 Å². The third-order valence-corrected chi connectivity index (χ3v) is 6.25. The maximum atomic E-state index is 10.8. The second-order valence-electron chi connectivity index (χ2n) is 7.43. The van der Waals surface area contributed by atoms with Crippen LogP contribution in [0.15, 0.2) is 36.2 Å². The minimum Gasteiger partial charge on any atom is -0.380 e. The van der Waals surface area contributed by atoms with E-state index in [9.17, 15) is 4.79 Å². The number of piperazine rings is 1. The Kier molecular flexibility index (Phi) is 6.39. The van der Waals surface area contributed by atoms with E-state index in [0.717, 1.165) is 57.1 Å². The van der Waals surface area contributed by atoms with E-state index in [1.54, 1.807) is 0 Å². The summed E-state index contributed by atoms with van der Waals surface area (Å²) in [7, 11) is 0. The smallest absolute Gasteiger partial charge is 0.209 e. The zero-order valence-electron chi connectivity index (χ0n) is 16.5. The summed E-state index contributed by atoms with van der Waals surface area (Å²) in [6.07, 6.45) is 5.39. The standard InChI is InChI=1S/C21H30N4OS/c1-15-11-17(3)27-21(15)19-5-6-22-20(12-19)18(4)23-16(2)13-24-7-9-25(14-26)10-8-24/h5,11-12,14,16,22-23H,4,6-10,13H2,1-3H3/t16-/m0/s1. The van der Waals surface area contributed by atoms with Crippen LogP contribution in [0, 0.1) is 13.8 Å². The van der Waals surface area contributed by atoms with Gasteiger partial charge in [0.2, 0.25) is 6.41 Å². The first kappa shape index (κ1) is 19.7. The van der Waals surface area contributed by atoms with Crippen LogP contribution in [-0.2, 0) is 4.79 Å². The van der Waals surface area contributed by atoms with Crippen molar-refractivity contribution in [1.82, 2.24) is 20.4 Å². The van der Waals surface area contributed by atoms with Gasteiger partial charge in [-0.25, -0.2) is 0 Å². The lowest BCUT2D eigenvalue weighted by Gasteiger charge is -2.34. The molecule has 5 nitrogen and oxygen atoms in total. The number of allylic oxidation sites excluding steroid dienone is 2. The number of carbonyl (C=O) groups is 1. The first-order valence-corrected chi connectivity index (χ1v) is 10.4. The van der Waals surface area contributed by atoms with Crippen molar-refractivity contribution in [3.63, 3.8) is 0 Å². The maximum Gasteiger partial charge on any atom is 0.209 e. The van der Waals surface area contributed by atoms with E-state index in [-0.39, 0.29) is 0 Å². The van der Waals surface area contributed by atoms with Gasteiger partial charge in [-0.3, -0.25) is 9.69 Å². The van der Waals surface area contributed by atoms with Crippen molar-refractivity contribution in [3.8, 4) is 0 Å². The van der Waals surface area contributed by atoms with Gasteiger partial charge in [0.1, 0.15) is 0 Å². The molecule has 1 saturated heterocycles. The SMILES string of the molecule is C=C(N[C@@H](C)CN1CCN(C=O)CC1)C1=CC(c2sc(C)cc2C)=CCN1. The first-order chi connectivity index (χ1) is 13.0. The summed E-state index contributed by atoms with van der Waals surface area (Å²) >= 11 is 1.85. The lowest BCUT2D eigenvalue weighted by molar-refractivity contribution is -0.119. The molecular formula is C21H30N4OS. The van der Waals surface area contributed by atoms with Gasteiger partial charge in [-0.2, -0.15) is 0 Å². The Morgan fingerprint density at radius 2 is 2.11 bits per heavy atom. The number of nitrogens with one attached hydrogen (secondary N) is 2. The topological polar surface area (TPSA) is 47.6 Å². The number of rotatable bonds is 7. The number of thiophene rings is 1. The Hall–Kier alpha value is -2.05. The van der Waals surface area contributed by atoms with E-state index in [2.05, 4.69) is 61.1 Å². The van der Waals surface area contributed by atoms with Gasteiger partial charge in [0.15, 0.2) is 0 Å². The summed E-state index contributed by atoms with van der Waals surface area (Å²) in [6.45, 7) is 16.0. The molecule has 0 saturated carbocycles. The largest absolute Gasteiger partial charge is 0.380 e. The Labute approximate surface area is 166 Å². The highest BCUT2D eigenvalue weighted by Gasteiger charge is 2.19. The van der Waals surface area contributed by atoms with Crippen molar-refractivity contribution in [2.45, 2.75) is 26.8 Å². The van der Waals surface area contributed by atoms with Crippen LogP contribution >= 0.6 is 11.3 Å². The third-order valence-electron chi connectivity index (χ3n) is 5.05. The highest BCUT2D eigenvalue weighted by atomic mass is 32.1. The molecule has 3 heterocycles. The van der Waals surface area contributed by atoms with Crippen LogP contribution in [-0.4, -0.2) is 61.5 Å². The average Bonchev–Trinajstić information content (AvgIpc) is 3.00. The van der Waals surface area contributed by atoms with E-state index in [1.807, 2.05) is 16.2 Å². The van der Waals surface area contributed by atoms with Crippen LogP contribution in [0.25, 0.3) is 5.57 Å². The van der Waals surface area contributed by atoms with Crippen molar-refractivity contribution in [2.75, 3.05) is 39.3 Å². The molecule has 0 bridgehead atoms. The number of hydrogen-bond acceptors (Lipinski definition) is 5. The van der Waals surface area contributed by atoms with Gasteiger partial charge in [0.25, 0.3) is 0 Å². The molecule has 1 atom stereocenters. The van der Waals surface area contributed by atoms with Crippen LogP contribution in [0.2, 0.25) is 0 Å². The lowest BCUT2D eigenvalue weighted by Crippen LogP contribution is -2.49. The fourth-order valence-electron chi connectivity index (χ4n) is 3.68. The molecule has 0 aromatic carbocycles. The number of hydrogen-bond donors (Lipinski definition) is 2. The Morgan fingerprint density at radius 1 is 1.37 bits per heavy atom. The molecule has 2 aliphatic rings. The fraction of sp³-hybridized carbons (Fsp3) is 0.476. The molecule has 146 valence electrons. The Bertz CT molecular complexity index is 756. The van der Waals surface area contributed by atoms with Crippen molar-refractivity contribution in [2.24, 2.45) is 0 Å². The van der Waals surface area contributed by atoms with Gasteiger partial charge in [0.05, 0.1) is 11.4 Å². The van der Waals surface area contributed by atoms with Crippen LogP contribution < -0.4 is 10.6 Å². The van der Waals surface area contributed by atoms with Crippen LogP contribution in [0.4, 0.5) is 0 Å². The molecule has 1 fully saturated rings. The second-order valence-corrected chi connectivity index (χ2v) is 8.69. The molecule has 1 aromatic heterocycles. The van der Waals surface area contributed by atoms with Gasteiger partial charge >= 0.3 is 0 Å². The van der Waals surface area contributed by atoms with Crippen LogP contribution in [0.3, 0.4) is 0 Å². The highest BCUT2D eigenvalue weighted by Crippen LogP contribution is 2.31. The third kappa shape index (κ3) is 5.02. The molecular weight excluding hydrogens is 356 g/mol. The van der Waals surface area contributed by atoms with E-state index < -0.39 is 0 Å². The molecule has 0 spiro atoms. The number of aryl methyl sites for hydroxylation is 2. The molecule has 0 unspecified atom stereocenters. The number of carbonyl (C=O) groups excluding carboxylic acids is 1. The number of amides is 1. The average molecular weight is 387 g/mol. The monoisotopic (exact) mass is 386 g/mol. The van der Waals surface area contributed by atoms with Crippen molar-refractivity contribution in [3.05, 3.63) is 51.5 Å². The summed E-state index contributed by atoms with van der Waals surface area (Å²) < 4.78 is 0. The van der Waals surface area contributed by atoms with Crippen molar-refractivity contribution >= 4 is 23.3 Å². The normalized spacial score (nSPS) is 19.0. The molecule has 27 heavy (non-hydrogen) atoms. The Morgan fingerprint density at radius 3 is 2.74 bits per heavy atom. The van der Waals surface area contributed by atoms with Crippen molar-refractivity contribution < 1.29 is 4.79 Å². The maximum absolute atomic E-state index is 10.8. The molecule has 1 aromatic rings. The van der Waals surface area contributed by atoms with Crippen molar-refractivity contribution in [1.29, 1.82) is 0 Å². The van der Waals surface area contributed by atoms with Crippen LogP contribution in [0.1, 0.15) is 22.2 Å². The molecule has 3 rings (SSSR count). The summed E-state index contributed by atoms with van der Waals surface area (Å²) in [5.41, 5.74) is 4.61. The highest BCUT2D eigenvalue weighted by molar-refractivity contribution is 7.13. The number of dihydropyridines is 1. The second kappa shape index (κ2) is 8.76. The van der Waals surface area contributed by atoms with Gasteiger partial charge in [-0.1, -0.05) is 12.7 Å². The quantitative estimate of drug-likeness (QED) is 0.707. The molecule has 2 aliphatic heterocycles. The van der Waals surface area contributed by atoms with Crippen LogP contribution in [0.5, 0.6) is 0 Å². The predicted octanol–water partition coefficient (Wildman–Crippen LogP) is 2.50. The molecule has 0 radical (unpaired) electrons. The van der Waals surface area contributed by atoms with E-state index in [0.29, 0.717) is 6.04 Å². The molecule has 1 amide bonds. The van der Waals surface area contributed by atoms with E-state index in [4.69, 9.17) is 0 Å². The zero-order chi connectivity index (χ0) is 19.4. The minimum atomic E-state index is 0.294. The fourth-order valence-corrected chi connectivity index (χ4v) is 4.71. The van der Waals surface area contributed by atoms with E-state index in [1.165, 1.54) is 20.9 Å². The predicted molar refractivity (Wildman–Crippen MR) is 114 cm³/mol. The molecule has 2 N–H and O–H groups in total. The molecule has 6 heteroatoms. The van der Waals surface area contributed by atoms with E-state index >= 15 is 0 Å². The Balaban J connectivity index is 1.56. The lowest BCUT2D eigenvalue weighted by atomic mass is 10.1. The number of nitrogens with zero attached hydrogens (tertiary/aromatic N) is 2. The zero-order valence-corrected chi connectivity index (χ0v) is 17.4. The summed E-state index contributed by atoms with van der Waals surface area (Å²) in [6, 6.07) is 2.54. The first-order valence-electron chi connectivity index (χ1n) is 9.57. The van der Waals surface area contributed by atoms with Gasteiger partial charge in [-0.05, 0) is 44.1 Å². The van der Waals surface area contributed by atoms with Gasteiger partial charge < -0.3 is 15.5 Å². The van der Waals surface area contributed by atoms with Gasteiger partial charge in [-0.15, -0.1) is 11.3 Å². The summed E-state index contributed by atoms with van der Waals surface area (Å²) in [5.74, 6) is 0. The molecule has 0 aliphatic carbocycles. The summed E-state index contributed by atoms with van der Waals surface area (Å²) in [4.78, 5) is 17.8. The summed E-state index contributed by atoms with van der Waals surface area (Å²) in [5, 5.41) is 6.98. The minimum absolute atomic E-state index is 0.294.